The Morgan fingerprint density at radius 1 is 1.15 bits per heavy atom. The summed E-state index contributed by atoms with van der Waals surface area (Å²) in [4.78, 5) is 13.1. The lowest BCUT2D eigenvalue weighted by Crippen LogP contribution is -2.34. The molecule has 0 atom stereocenters. The van der Waals surface area contributed by atoms with Crippen molar-refractivity contribution in [1.82, 2.24) is 4.57 Å². The molecule has 108 valence electrons. The second kappa shape index (κ2) is 5.72. The highest BCUT2D eigenvalue weighted by Gasteiger charge is 2.35. The molecule has 3 heteroatoms. The molecule has 1 aromatic carbocycles. The van der Waals surface area contributed by atoms with Gasteiger partial charge in [0.25, 0.3) is 0 Å². The summed E-state index contributed by atoms with van der Waals surface area (Å²) in [6.45, 7) is 8.38. The minimum absolute atomic E-state index is 0.209. The number of aromatic nitrogens is 1. The van der Waals surface area contributed by atoms with Gasteiger partial charge in [-0.3, -0.25) is 9.36 Å². The number of aryl methyl sites for hydroxylation is 1. The van der Waals surface area contributed by atoms with Crippen LogP contribution >= 0.6 is 15.9 Å². The molecule has 0 N–H and O–H groups in total. The van der Waals surface area contributed by atoms with Crippen LogP contribution < -0.4 is 0 Å². The van der Waals surface area contributed by atoms with Gasteiger partial charge in [0.05, 0.1) is 10.1 Å². The molecule has 0 unspecified atom stereocenters. The van der Waals surface area contributed by atoms with Crippen molar-refractivity contribution in [2.75, 3.05) is 0 Å². The third-order valence-electron chi connectivity index (χ3n) is 4.74. The van der Waals surface area contributed by atoms with Gasteiger partial charge in [0.2, 0.25) is 5.91 Å². The highest BCUT2D eigenvalue weighted by Crippen LogP contribution is 2.37. The van der Waals surface area contributed by atoms with Gasteiger partial charge >= 0.3 is 0 Å². The highest BCUT2D eigenvalue weighted by molar-refractivity contribution is 9.10. The Bertz CT molecular complexity index is 629. The first-order valence-electron chi connectivity index (χ1n) is 7.32. The molecule has 0 saturated carbocycles. The smallest absolute Gasteiger partial charge is 0.238 e. The summed E-state index contributed by atoms with van der Waals surface area (Å²) >= 11 is 3.62. The third-order valence-corrected chi connectivity index (χ3v) is 5.69. The molecule has 0 spiro atoms. The first kappa shape index (κ1) is 15.3. The van der Waals surface area contributed by atoms with Gasteiger partial charge < -0.3 is 0 Å². The molecular formula is C17H22BrNO. The highest BCUT2D eigenvalue weighted by atomic mass is 79.9. The van der Waals surface area contributed by atoms with Crippen molar-refractivity contribution in [2.24, 2.45) is 5.41 Å². The number of para-hydroxylation sites is 1. The largest absolute Gasteiger partial charge is 0.273 e. The molecule has 20 heavy (non-hydrogen) atoms. The normalized spacial score (nSPS) is 12.1. The van der Waals surface area contributed by atoms with Crippen LogP contribution in [-0.4, -0.2) is 10.5 Å². The minimum atomic E-state index is -0.267. The maximum Gasteiger partial charge on any atom is 0.238 e. The number of nitrogens with zero attached hydrogens (tertiary/aromatic N) is 1. The van der Waals surface area contributed by atoms with E-state index >= 15 is 0 Å². The molecule has 2 nitrogen and oxygen atoms in total. The Hall–Kier alpha value is -1.09. The fourth-order valence-electron chi connectivity index (χ4n) is 3.01. The van der Waals surface area contributed by atoms with Crippen molar-refractivity contribution in [2.45, 2.75) is 47.0 Å². The summed E-state index contributed by atoms with van der Waals surface area (Å²) in [5.74, 6) is 0.209. The van der Waals surface area contributed by atoms with Crippen molar-refractivity contribution in [1.29, 1.82) is 0 Å². The van der Waals surface area contributed by atoms with Gasteiger partial charge in [-0.15, -0.1) is 0 Å². The predicted molar refractivity (Wildman–Crippen MR) is 88.3 cm³/mol. The zero-order chi connectivity index (χ0) is 14.9. The third kappa shape index (κ3) is 2.12. The van der Waals surface area contributed by atoms with Crippen LogP contribution in [-0.2, 0) is 0 Å². The molecule has 0 saturated heterocycles. The Labute approximate surface area is 129 Å². The Balaban J connectivity index is 2.69. The fraction of sp³-hybridized carbons (Fsp3) is 0.471. The van der Waals surface area contributed by atoms with E-state index in [0.29, 0.717) is 0 Å². The van der Waals surface area contributed by atoms with E-state index in [4.69, 9.17) is 0 Å². The number of fused-ring (bicyclic) bond motifs is 1. The number of hydrogen-bond acceptors (Lipinski definition) is 1. The van der Waals surface area contributed by atoms with Crippen LogP contribution in [0.15, 0.2) is 28.9 Å². The van der Waals surface area contributed by atoms with E-state index in [9.17, 15) is 4.79 Å². The van der Waals surface area contributed by atoms with E-state index in [2.05, 4.69) is 49.7 Å². The van der Waals surface area contributed by atoms with Gasteiger partial charge in [0.15, 0.2) is 0 Å². The Morgan fingerprint density at radius 2 is 1.70 bits per heavy atom. The van der Waals surface area contributed by atoms with E-state index in [0.717, 1.165) is 40.3 Å². The standard InChI is InChI=1S/C17H22BrNO/c1-5-17(6-2,7-3)16(20)19-14-11-9-8-10-13(14)12(4)15(19)18/h8-11H,5-7H2,1-4H3. The van der Waals surface area contributed by atoms with Crippen LogP contribution in [0.5, 0.6) is 0 Å². The number of carbonyl (C=O) groups is 1. The summed E-state index contributed by atoms with van der Waals surface area (Å²) in [5, 5.41) is 1.14. The van der Waals surface area contributed by atoms with Crippen LogP contribution in [0.2, 0.25) is 0 Å². The van der Waals surface area contributed by atoms with E-state index in [-0.39, 0.29) is 11.3 Å². The van der Waals surface area contributed by atoms with E-state index in [1.54, 1.807) is 0 Å². The zero-order valence-corrected chi connectivity index (χ0v) is 14.3. The van der Waals surface area contributed by atoms with Crippen molar-refractivity contribution >= 4 is 32.7 Å². The monoisotopic (exact) mass is 335 g/mol. The summed E-state index contributed by atoms with van der Waals surface area (Å²) in [6, 6.07) is 8.11. The van der Waals surface area contributed by atoms with E-state index in [1.807, 2.05) is 22.8 Å². The second-order valence-corrected chi connectivity index (χ2v) is 6.17. The lowest BCUT2D eigenvalue weighted by atomic mass is 9.79. The van der Waals surface area contributed by atoms with Gasteiger partial charge in [0, 0.05) is 10.8 Å². The van der Waals surface area contributed by atoms with Gasteiger partial charge in [-0.1, -0.05) is 39.0 Å². The first-order valence-corrected chi connectivity index (χ1v) is 8.12. The van der Waals surface area contributed by atoms with Crippen LogP contribution in [0, 0.1) is 12.3 Å². The lowest BCUT2D eigenvalue weighted by molar-refractivity contribution is 0.0672. The number of benzene rings is 1. The van der Waals surface area contributed by atoms with Crippen molar-refractivity contribution in [3.05, 3.63) is 34.4 Å². The fourth-order valence-corrected chi connectivity index (χ4v) is 3.58. The van der Waals surface area contributed by atoms with Crippen molar-refractivity contribution < 1.29 is 4.79 Å². The predicted octanol–water partition coefficient (Wildman–Crippen LogP) is 5.57. The van der Waals surface area contributed by atoms with Crippen molar-refractivity contribution in [3.8, 4) is 0 Å². The molecule has 1 heterocycles. The first-order chi connectivity index (χ1) is 9.52. The second-order valence-electron chi connectivity index (χ2n) is 5.41. The van der Waals surface area contributed by atoms with Gasteiger partial charge in [0.1, 0.15) is 0 Å². The van der Waals surface area contributed by atoms with Crippen LogP contribution in [0.3, 0.4) is 0 Å². The topological polar surface area (TPSA) is 22.0 Å². The number of halogens is 1. The number of rotatable bonds is 4. The average Bonchev–Trinajstić information content (AvgIpc) is 2.74. The SMILES string of the molecule is CCC(CC)(CC)C(=O)n1c(Br)c(C)c2ccccc21. The van der Waals surface area contributed by atoms with Crippen LogP contribution in [0.4, 0.5) is 0 Å². The average molecular weight is 336 g/mol. The summed E-state index contributed by atoms with van der Waals surface area (Å²) in [5.41, 5.74) is 1.87. The summed E-state index contributed by atoms with van der Waals surface area (Å²) in [6.07, 6.45) is 2.62. The quantitative estimate of drug-likeness (QED) is 0.715. The molecular weight excluding hydrogens is 314 g/mol. The summed E-state index contributed by atoms with van der Waals surface area (Å²) in [7, 11) is 0. The molecule has 1 aromatic heterocycles. The molecule has 0 radical (unpaired) electrons. The van der Waals surface area contributed by atoms with E-state index < -0.39 is 0 Å². The molecule has 0 aliphatic heterocycles. The molecule has 0 aliphatic rings. The minimum Gasteiger partial charge on any atom is -0.273 e. The maximum atomic E-state index is 13.1. The molecule has 2 aromatic rings. The van der Waals surface area contributed by atoms with Gasteiger partial charge in [-0.05, 0) is 53.7 Å². The van der Waals surface area contributed by atoms with E-state index in [1.165, 1.54) is 0 Å². The molecule has 0 bridgehead atoms. The Kier molecular flexibility index (Phi) is 4.38. The Morgan fingerprint density at radius 3 is 2.25 bits per heavy atom. The zero-order valence-electron chi connectivity index (χ0n) is 12.7. The molecule has 0 fully saturated rings. The van der Waals surface area contributed by atoms with Gasteiger partial charge in [-0.25, -0.2) is 0 Å². The van der Waals surface area contributed by atoms with Crippen LogP contribution in [0.25, 0.3) is 10.9 Å². The lowest BCUT2D eigenvalue weighted by Gasteiger charge is -2.29. The number of carbonyl (C=O) groups excluding carboxylic acids is 1. The molecule has 0 aliphatic carbocycles. The maximum absolute atomic E-state index is 13.1. The molecule has 0 amide bonds. The van der Waals surface area contributed by atoms with Gasteiger partial charge in [-0.2, -0.15) is 0 Å². The van der Waals surface area contributed by atoms with Crippen LogP contribution in [0.1, 0.15) is 50.4 Å². The summed E-state index contributed by atoms with van der Waals surface area (Å²) < 4.78 is 2.75. The van der Waals surface area contributed by atoms with Crippen molar-refractivity contribution in [3.63, 3.8) is 0 Å². The number of hydrogen-bond donors (Lipinski definition) is 0. The molecule has 2 rings (SSSR count).